The van der Waals surface area contributed by atoms with E-state index in [1.807, 2.05) is 0 Å². The molecule has 54 valence electrons. The number of rotatable bonds is 1. The number of carbonyl (C=O) groups is 2. The molecule has 0 aromatic carbocycles. The van der Waals surface area contributed by atoms with Crippen LogP contribution in [0.3, 0.4) is 0 Å². The van der Waals surface area contributed by atoms with Crippen molar-refractivity contribution in [1.82, 2.24) is 10.6 Å². The van der Waals surface area contributed by atoms with E-state index in [9.17, 15) is 9.59 Å². The summed E-state index contributed by atoms with van der Waals surface area (Å²) in [6, 6.07) is -0.516. The Morgan fingerprint density at radius 3 is 2.90 bits per heavy atom. The van der Waals surface area contributed by atoms with Crippen molar-refractivity contribution in [2.75, 3.05) is 0 Å². The lowest BCUT2D eigenvalue weighted by atomic mass is 10.2. The van der Waals surface area contributed by atoms with E-state index in [2.05, 4.69) is 10.6 Å². The summed E-state index contributed by atoms with van der Waals surface area (Å²) in [6.07, 6.45) is 0.458. The second-order valence-corrected chi connectivity index (χ2v) is 1.78. The predicted molar refractivity (Wildman–Crippen MR) is 31.8 cm³/mol. The first kappa shape index (κ1) is 6.76. The van der Waals surface area contributed by atoms with Gasteiger partial charge >= 0.3 is 6.03 Å². The second kappa shape index (κ2) is 2.49. The Morgan fingerprint density at radius 1 is 1.70 bits per heavy atom. The zero-order valence-electron chi connectivity index (χ0n) is 5.00. The lowest BCUT2D eigenvalue weighted by molar-refractivity contribution is -0.105. The van der Waals surface area contributed by atoms with Gasteiger partial charge in [-0.15, -0.1) is 0 Å². The standard InChI is InChI=1S/C5H6N2O3/c8-2-3-1-6-5(10)7-4(3)9/h1-2,4,9H,(H2,6,7,10). The number of hydrogen-bond donors (Lipinski definition) is 3. The summed E-state index contributed by atoms with van der Waals surface area (Å²) >= 11 is 0. The number of aliphatic hydroxyl groups excluding tert-OH is 1. The van der Waals surface area contributed by atoms with Crippen LogP contribution in [0.25, 0.3) is 0 Å². The van der Waals surface area contributed by atoms with Gasteiger partial charge in [-0.1, -0.05) is 0 Å². The van der Waals surface area contributed by atoms with Crippen LogP contribution < -0.4 is 10.6 Å². The SMILES string of the molecule is O=CC1=CNC(=O)NC1O. The van der Waals surface area contributed by atoms with Crippen LogP contribution in [0.2, 0.25) is 0 Å². The zero-order valence-corrected chi connectivity index (χ0v) is 5.00. The molecule has 1 atom stereocenters. The van der Waals surface area contributed by atoms with E-state index >= 15 is 0 Å². The van der Waals surface area contributed by atoms with Gasteiger partial charge in [0.2, 0.25) is 0 Å². The highest BCUT2D eigenvalue weighted by Crippen LogP contribution is 1.97. The Labute approximate surface area is 56.7 Å². The van der Waals surface area contributed by atoms with Crippen molar-refractivity contribution < 1.29 is 14.7 Å². The highest BCUT2D eigenvalue weighted by atomic mass is 16.3. The Morgan fingerprint density at radius 2 is 2.40 bits per heavy atom. The van der Waals surface area contributed by atoms with Gasteiger partial charge in [0.05, 0.1) is 5.57 Å². The molecule has 0 aliphatic carbocycles. The number of urea groups is 1. The summed E-state index contributed by atoms with van der Waals surface area (Å²) in [5.41, 5.74) is 0.111. The minimum atomic E-state index is -1.17. The van der Waals surface area contributed by atoms with E-state index < -0.39 is 12.3 Å². The van der Waals surface area contributed by atoms with Gasteiger partial charge < -0.3 is 15.7 Å². The lowest BCUT2D eigenvalue weighted by Crippen LogP contribution is -2.45. The monoisotopic (exact) mass is 142 g/mol. The molecule has 1 aliphatic rings. The first-order valence-corrected chi connectivity index (χ1v) is 2.64. The third kappa shape index (κ3) is 1.14. The van der Waals surface area contributed by atoms with Crippen LogP contribution in [0, 0.1) is 0 Å². The van der Waals surface area contributed by atoms with Crippen LogP contribution in [0.1, 0.15) is 0 Å². The Kier molecular flexibility index (Phi) is 1.68. The van der Waals surface area contributed by atoms with Gasteiger partial charge in [-0.05, 0) is 0 Å². The molecule has 5 heteroatoms. The Balaban J connectivity index is 2.74. The minimum absolute atomic E-state index is 0.111. The first-order valence-electron chi connectivity index (χ1n) is 2.64. The maximum absolute atomic E-state index is 10.4. The number of aliphatic hydroxyl groups is 1. The van der Waals surface area contributed by atoms with Crippen LogP contribution in [-0.2, 0) is 4.79 Å². The van der Waals surface area contributed by atoms with E-state index in [1.54, 1.807) is 0 Å². The maximum atomic E-state index is 10.4. The van der Waals surface area contributed by atoms with Crippen LogP contribution in [0.4, 0.5) is 4.79 Å². The Bertz CT molecular complexity index is 199. The maximum Gasteiger partial charge on any atom is 0.321 e. The van der Waals surface area contributed by atoms with Crippen LogP contribution in [-0.4, -0.2) is 23.7 Å². The number of hydrogen-bond acceptors (Lipinski definition) is 3. The van der Waals surface area contributed by atoms with Gasteiger partial charge in [-0.25, -0.2) is 4.79 Å². The fourth-order valence-corrected chi connectivity index (χ4v) is 0.575. The molecule has 1 unspecified atom stereocenters. The highest BCUT2D eigenvalue weighted by molar-refractivity contribution is 5.83. The van der Waals surface area contributed by atoms with Crippen molar-refractivity contribution in [2.45, 2.75) is 6.23 Å². The number of nitrogens with one attached hydrogen (secondary N) is 2. The van der Waals surface area contributed by atoms with E-state index in [0.29, 0.717) is 6.29 Å². The van der Waals surface area contributed by atoms with Crippen molar-refractivity contribution in [2.24, 2.45) is 0 Å². The topological polar surface area (TPSA) is 78.4 Å². The molecule has 0 saturated heterocycles. The Hall–Kier alpha value is -1.36. The molecular formula is C5H6N2O3. The van der Waals surface area contributed by atoms with Gasteiger partial charge in [0.1, 0.15) is 0 Å². The van der Waals surface area contributed by atoms with Crippen LogP contribution in [0.15, 0.2) is 11.8 Å². The van der Waals surface area contributed by atoms with Crippen molar-refractivity contribution in [3.05, 3.63) is 11.8 Å². The molecule has 0 spiro atoms. The quantitative estimate of drug-likeness (QED) is 0.398. The molecule has 0 aromatic rings. The molecule has 0 fully saturated rings. The smallest absolute Gasteiger partial charge is 0.321 e. The molecule has 3 N–H and O–H groups in total. The number of aldehydes is 1. The molecule has 0 bridgehead atoms. The third-order valence-electron chi connectivity index (χ3n) is 1.09. The van der Waals surface area contributed by atoms with E-state index in [-0.39, 0.29) is 5.57 Å². The minimum Gasteiger partial charge on any atom is -0.369 e. The van der Waals surface area contributed by atoms with E-state index in [1.165, 1.54) is 0 Å². The summed E-state index contributed by atoms with van der Waals surface area (Å²) in [5, 5.41) is 13.2. The number of amides is 2. The van der Waals surface area contributed by atoms with E-state index in [0.717, 1.165) is 6.20 Å². The summed E-state index contributed by atoms with van der Waals surface area (Å²) in [5.74, 6) is 0. The molecule has 10 heavy (non-hydrogen) atoms. The molecule has 1 aliphatic heterocycles. The summed E-state index contributed by atoms with van der Waals surface area (Å²) in [7, 11) is 0. The molecule has 1 rings (SSSR count). The summed E-state index contributed by atoms with van der Waals surface area (Å²) in [6.45, 7) is 0. The predicted octanol–water partition coefficient (Wildman–Crippen LogP) is -1.30. The van der Waals surface area contributed by atoms with Gasteiger partial charge in [0.15, 0.2) is 12.5 Å². The fourth-order valence-electron chi connectivity index (χ4n) is 0.575. The largest absolute Gasteiger partial charge is 0.369 e. The zero-order chi connectivity index (χ0) is 7.56. The normalized spacial score (nSPS) is 24.3. The van der Waals surface area contributed by atoms with Gasteiger partial charge in [-0.3, -0.25) is 4.79 Å². The van der Waals surface area contributed by atoms with Gasteiger partial charge in [0.25, 0.3) is 0 Å². The molecule has 1 heterocycles. The number of carbonyl (C=O) groups excluding carboxylic acids is 2. The lowest BCUT2D eigenvalue weighted by Gasteiger charge is -2.16. The second-order valence-electron chi connectivity index (χ2n) is 1.78. The molecule has 0 aromatic heterocycles. The van der Waals surface area contributed by atoms with Crippen molar-refractivity contribution in [3.63, 3.8) is 0 Å². The van der Waals surface area contributed by atoms with E-state index in [4.69, 9.17) is 5.11 Å². The van der Waals surface area contributed by atoms with Crippen molar-refractivity contribution >= 4 is 12.3 Å². The average Bonchev–Trinajstić information content (AvgIpc) is 1.88. The molecule has 5 nitrogen and oxygen atoms in total. The molecule has 0 radical (unpaired) electrons. The van der Waals surface area contributed by atoms with Gasteiger partial charge in [-0.2, -0.15) is 0 Å². The average molecular weight is 142 g/mol. The summed E-state index contributed by atoms with van der Waals surface area (Å²) in [4.78, 5) is 20.4. The summed E-state index contributed by atoms with van der Waals surface area (Å²) < 4.78 is 0. The molecular weight excluding hydrogens is 136 g/mol. The fraction of sp³-hybridized carbons (Fsp3) is 0.200. The van der Waals surface area contributed by atoms with Crippen molar-refractivity contribution in [1.29, 1.82) is 0 Å². The van der Waals surface area contributed by atoms with Gasteiger partial charge in [0, 0.05) is 6.20 Å². The van der Waals surface area contributed by atoms with Crippen molar-refractivity contribution in [3.8, 4) is 0 Å². The molecule has 0 saturated carbocycles. The van der Waals surface area contributed by atoms with Crippen LogP contribution >= 0.6 is 0 Å². The molecule has 2 amide bonds. The highest BCUT2D eigenvalue weighted by Gasteiger charge is 2.16. The first-order chi connectivity index (χ1) is 4.74. The van der Waals surface area contributed by atoms with Crippen LogP contribution in [0.5, 0.6) is 0 Å². The third-order valence-corrected chi connectivity index (χ3v) is 1.09.